The topological polar surface area (TPSA) is 55.1 Å². The van der Waals surface area contributed by atoms with E-state index in [1.54, 1.807) is 0 Å². The molecule has 1 N–H and O–H groups in total. The zero-order valence-electron chi connectivity index (χ0n) is 7.62. The summed E-state index contributed by atoms with van der Waals surface area (Å²) in [6, 6.07) is 0. The number of rotatable bonds is 2. The fraction of sp³-hybridized carbons (Fsp3) is 0.250. The number of carboxylic acid groups (broad SMARTS) is 1. The third-order valence-corrected chi connectivity index (χ3v) is 1.64. The highest BCUT2D eigenvalue weighted by Crippen LogP contribution is 2.31. The molecule has 0 aliphatic carbocycles. The fourth-order valence-corrected chi connectivity index (χ4v) is 1.08. The summed E-state index contributed by atoms with van der Waals surface area (Å²) < 4.78 is 37.9. The van der Waals surface area contributed by atoms with Gasteiger partial charge in [0.2, 0.25) is 0 Å². The van der Waals surface area contributed by atoms with Crippen LogP contribution in [0.1, 0.15) is 11.3 Å². The number of halogens is 3. The number of alkyl halides is 3. The van der Waals surface area contributed by atoms with Crippen LogP contribution in [0.25, 0.3) is 6.08 Å². The van der Waals surface area contributed by atoms with Gasteiger partial charge in [-0.1, -0.05) is 0 Å². The maximum absolute atomic E-state index is 12.4. The Morgan fingerprint density at radius 3 is 2.67 bits per heavy atom. The van der Waals surface area contributed by atoms with Crippen molar-refractivity contribution < 1.29 is 23.1 Å². The lowest BCUT2D eigenvalue weighted by Gasteiger charge is -2.07. The van der Waals surface area contributed by atoms with Crippen molar-refractivity contribution in [3.63, 3.8) is 0 Å². The van der Waals surface area contributed by atoms with Gasteiger partial charge in [0.05, 0.1) is 6.20 Å². The van der Waals surface area contributed by atoms with Gasteiger partial charge in [0.15, 0.2) is 0 Å². The number of aliphatic carboxylic acids is 1. The van der Waals surface area contributed by atoms with E-state index in [9.17, 15) is 18.0 Å². The smallest absolute Gasteiger partial charge is 0.433 e. The molecule has 0 aromatic carbocycles. The Bertz CT molecular complexity index is 407. The predicted octanol–water partition coefficient (Wildman–Crippen LogP) is 1.54. The largest absolute Gasteiger partial charge is 0.478 e. The van der Waals surface area contributed by atoms with Crippen LogP contribution in [0, 0.1) is 0 Å². The van der Waals surface area contributed by atoms with Crippen LogP contribution in [0.3, 0.4) is 0 Å². The minimum Gasteiger partial charge on any atom is -0.478 e. The van der Waals surface area contributed by atoms with Gasteiger partial charge >= 0.3 is 12.1 Å². The molecule has 0 spiro atoms. The summed E-state index contributed by atoms with van der Waals surface area (Å²) in [7, 11) is 1.14. The first kappa shape index (κ1) is 11.3. The van der Waals surface area contributed by atoms with E-state index >= 15 is 0 Å². The van der Waals surface area contributed by atoms with Crippen LogP contribution in [-0.4, -0.2) is 20.9 Å². The first-order chi connectivity index (χ1) is 6.82. The van der Waals surface area contributed by atoms with Crippen molar-refractivity contribution in [3.8, 4) is 0 Å². The molecule has 82 valence electrons. The summed E-state index contributed by atoms with van der Waals surface area (Å²) >= 11 is 0. The van der Waals surface area contributed by atoms with E-state index in [4.69, 9.17) is 5.11 Å². The van der Waals surface area contributed by atoms with Crippen LogP contribution in [0.15, 0.2) is 12.3 Å². The first-order valence-electron chi connectivity index (χ1n) is 3.82. The second kappa shape index (κ2) is 3.76. The van der Waals surface area contributed by atoms with Gasteiger partial charge in [-0.05, 0) is 6.08 Å². The summed E-state index contributed by atoms with van der Waals surface area (Å²) in [5.41, 5.74) is -1.24. The minimum atomic E-state index is -4.55. The monoisotopic (exact) mass is 220 g/mol. The van der Waals surface area contributed by atoms with Crippen molar-refractivity contribution >= 4 is 12.0 Å². The van der Waals surface area contributed by atoms with Crippen molar-refractivity contribution in [2.45, 2.75) is 6.18 Å². The zero-order valence-corrected chi connectivity index (χ0v) is 7.62. The van der Waals surface area contributed by atoms with Crippen molar-refractivity contribution in [1.29, 1.82) is 0 Å². The van der Waals surface area contributed by atoms with E-state index < -0.39 is 17.8 Å². The number of hydrogen-bond donors (Lipinski definition) is 1. The van der Waals surface area contributed by atoms with Gasteiger partial charge in [0.1, 0.15) is 5.69 Å². The maximum Gasteiger partial charge on any atom is 0.433 e. The SMILES string of the molecule is Cn1ncc(/C=C/C(=O)O)c1C(F)(F)F. The van der Waals surface area contributed by atoms with Crippen molar-refractivity contribution in [1.82, 2.24) is 9.78 Å². The van der Waals surface area contributed by atoms with E-state index in [2.05, 4.69) is 5.10 Å². The third-order valence-electron chi connectivity index (χ3n) is 1.64. The van der Waals surface area contributed by atoms with Crippen molar-refractivity contribution in [2.24, 2.45) is 7.05 Å². The molecule has 15 heavy (non-hydrogen) atoms. The second-order valence-corrected chi connectivity index (χ2v) is 2.74. The molecule has 0 aliphatic rings. The van der Waals surface area contributed by atoms with Gasteiger partial charge in [-0.25, -0.2) is 4.79 Å². The number of carboxylic acids is 1. The van der Waals surface area contributed by atoms with Gasteiger partial charge in [-0.2, -0.15) is 18.3 Å². The summed E-state index contributed by atoms with van der Waals surface area (Å²) in [4.78, 5) is 10.1. The summed E-state index contributed by atoms with van der Waals surface area (Å²) in [6.07, 6.45) is -2.10. The molecule has 0 atom stereocenters. The molecule has 4 nitrogen and oxygen atoms in total. The van der Waals surface area contributed by atoms with Gasteiger partial charge in [0, 0.05) is 18.7 Å². The lowest BCUT2D eigenvalue weighted by atomic mass is 10.2. The molecule has 0 fully saturated rings. The van der Waals surface area contributed by atoms with Crippen LogP contribution in [-0.2, 0) is 18.0 Å². The average Bonchev–Trinajstić information content (AvgIpc) is 2.42. The number of hydrogen-bond acceptors (Lipinski definition) is 2. The van der Waals surface area contributed by atoms with E-state index in [0.29, 0.717) is 10.8 Å². The molecular formula is C8H7F3N2O2. The maximum atomic E-state index is 12.4. The predicted molar refractivity (Wildman–Crippen MR) is 44.9 cm³/mol. The van der Waals surface area contributed by atoms with Crippen molar-refractivity contribution in [2.75, 3.05) is 0 Å². The Labute approximate surface area is 82.6 Å². The lowest BCUT2D eigenvalue weighted by molar-refractivity contribution is -0.143. The van der Waals surface area contributed by atoms with Gasteiger partial charge < -0.3 is 5.11 Å². The quantitative estimate of drug-likeness (QED) is 0.769. The van der Waals surface area contributed by atoms with Gasteiger partial charge in [0.25, 0.3) is 0 Å². The molecule has 1 rings (SSSR count). The normalized spacial score (nSPS) is 12.3. The van der Waals surface area contributed by atoms with Gasteiger partial charge in [-0.15, -0.1) is 0 Å². The van der Waals surface area contributed by atoms with Crippen molar-refractivity contribution in [3.05, 3.63) is 23.5 Å². The Morgan fingerprint density at radius 2 is 2.20 bits per heavy atom. The molecule has 0 radical (unpaired) electrons. The fourth-order valence-electron chi connectivity index (χ4n) is 1.08. The Hall–Kier alpha value is -1.79. The highest BCUT2D eigenvalue weighted by Gasteiger charge is 2.36. The highest BCUT2D eigenvalue weighted by molar-refractivity contribution is 5.85. The standard InChI is InChI=1S/C8H7F3N2O2/c1-13-7(8(9,10)11)5(4-12-13)2-3-6(14)15/h2-4H,1H3,(H,14,15)/b3-2+. The molecular weight excluding hydrogens is 213 g/mol. The number of nitrogens with zero attached hydrogens (tertiary/aromatic N) is 2. The van der Waals surface area contributed by atoms with Crippen LogP contribution >= 0.6 is 0 Å². The van der Waals surface area contributed by atoms with E-state index in [-0.39, 0.29) is 5.56 Å². The minimum absolute atomic E-state index is 0.271. The Morgan fingerprint density at radius 1 is 1.60 bits per heavy atom. The van der Waals surface area contributed by atoms with Crippen LogP contribution in [0.5, 0.6) is 0 Å². The molecule has 1 aromatic rings. The summed E-state index contributed by atoms with van der Waals surface area (Å²) in [5, 5.41) is 11.7. The van der Waals surface area contributed by atoms with Gasteiger partial charge in [-0.3, -0.25) is 4.68 Å². The molecule has 0 saturated carbocycles. The molecule has 0 amide bonds. The molecule has 0 bridgehead atoms. The molecule has 1 aromatic heterocycles. The van der Waals surface area contributed by atoms with E-state index in [1.165, 1.54) is 0 Å². The Kier molecular flexibility index (Phi) is 2.83. The summed E-state index contributed by atoms with van der Waals surface area (Å²) in [6.45, 7) is 0. The second-order valence-electron chi connectivity index (χ2n) is 2.74. The van der Waals surface area contributed by atoms with E-state index in [1.807, 2.05) is 0 Å². The number of aromatic nitrogens is 2. The Balaban J connectivity index is 3.15. The molecule has 7 heteroatoms. The molecule has 0 aliphatic heterocycles. The van der Waals surface area contributed by atoms with Crippen LogP contribution in [0.2, 0.25) is 0 Å². The first-order valence-corrected chi connectivity index (χ1v) is 3.82. The number of aryl methyl sites for hydroxylation is 1. The average molecular weight is 220 g/mol. The third kappa shape index (κ3) is 2.58. The molecule has 0 saturated heterocycles. The summed E-state index contributed by atoms with van der Waals surface area (Å²) in [5.74, 6) is -1.31. The number of carbonyl (C=O) groups is 1. The zero-order chi connectivity index (χ0) is 11.6. The lowest BCUT2D eigenvalue weighted by Crippen LogP contribution is -2.13. The molecule has 0 unspecified atom stereocenters. The van der Waals surface area contributed by atoms with E-state index in [0.717, 1.165) is 19.3 Å². The van der Waals surface area contributed by atoms with Crippen LogP contribution in [0.4, 0.5) is 13.2 Å². The molecule has 1 heterocycles. The van der Waals surface area contributed by atoms with Crippen LogP contribution < -0.4 is 0 Å². The highest BCUT2D eigenvalue weighted by atomic mass is 19.4.